The van der Waals surface area contributed by atoms with Crippen molar-refractivity contribution in [2.75, 3.05) is 38.3 Å². The van der Waals surface area contributed by atoms with E-state index in [1.54, 1.807) is 23.5 Å². The zero-order valence-electron chi connectivity index (χ0n) is 18.3. The number of ether oxygens (including phenoxy) is 1. The summed E-state index contributed by atoms with van der Waals surface area (Å²) in [5.41, 5.74) is 1.27. The Hall–Kier alpha value is -2.15. The molecule has 166 valence electrons. The van der Waals surface area contributed by atoms with E-state index in [4.69, 9.17) is 17.0 Å². The normalized spacial score (nSPS) is 17.8. The summed E-state index contributed by atoms with van der Waals surface area (Å²) in [6.45, 7) is 7.10. The number of carbonyl (C=O) groups excluding carboxylic acids is 1. The number of hydrogen-bond donors (Lipinski definition) is 0. The highest BCUT2D eigenvalue weighted by molar-refractivity contribution is 8.26. The number of nitriles is 1. The fraction of sp³-hybridized carbons (Fsp3) is 0.545. The largest absolute Gasteiger partial charge is 0.385 e. The molecule has 2 aliphatic rings. The van der Waals surface area contributed by atoms with Gasteiger partial charge in [0.15, 0.2) is 0 Å². The van der Waals surface area contributed by atoms with Crippen LogP contribution in [0.1, 0.15) is 49.3 Å². The summed E-state index contributed by atoms with van der Waals surface area (Å²) in [6, 6.07) is 2.09. The van der Waals surface area contributed by atoms with Gasteiger partial charge in [-0.15, -0.1) is 0 Å². The first-order chi connectivity index (χ1) is 14.9. The molecule has 7 nitrogen and oxygen atoms in total. The summed E-state index contributed by atoms with van der Waals surface area (Å²) in [7, 11) is 1.63. The summed E-state index contributed by atoms with van der Waals surface area (Å²) in [4.78, 5) is 30.5. The Morgan fingerprint density at radius 3 is 2.58 bits per heavy atom. The van der Waals surface area contributed by atoms with Crippen LogP contribution in [0.25, 0.3) is 6.08 Å². The highest BCUT2D eigenvalue weighted by atomic mass is 32.2. The van der Waals surface area contributed by atoms with E-state index in [0.717, 1.165) is 43.7 Å². The predicted molar refractivity (Wildman–Crippen MR) is 128 cm³/mol. The minimum atomic E-state index is -0.256. The molecule has 1 aromatic heterocycles. The lowest BCUT2D eigenvalue weighted by Gasteiger charge is -2.26. The molecule has 0 bridgehead atoms. The number of rotatable bonds is 8. The number of carbonyl (C=O) groups is 1. The molecule has 0 unspecified atom stereocenters. The second kappa shape index (κ2) is 10.4. The van der Waals surface area contributed by atoms with E-state index in [9.17, 15) is 14.9 Å². The molecule has 0 saturated carbocycles. The van der Waals surface area contributed by atoms with Crippen molar-refractivity contribution < 1.29 is 9.53 Å². The summed E-state index contributed by atoms with van der Waals surface area (Å²) in [5.74, 6) is 0.676. The molecule has 0 spiro atoms. The molecule has 0 aliphatic carbocycles. The molecular formula is C22H28N4O3S2. The van der Waals surface area contributed by atoms with Gasteiger partial charge in [0.05, 0.1) is 4.91 Å². The maximum Gasteiger partial charge on any atom is 0.270 e. The van der Waals surface area contributed by atoms with Gasteiger partial charge in [-0.3, -0.25) is 19.1 Å². The zero-order valence-corrected chi connectivity index (χ0v) is 19.9. The Morgan fingerprint density at radius 2 is 1.97 bits per heavy atom. The van der Waals surface area contributed by atoms with E-state index >= 15 is 0 Å². The number of aromatic nitrogens is 1. The third kappa shape index (κ3) is 4.71. The molecule has 3 rings (SSSR count). The van der Waals surface area contributed by atoms with Crippen LogP contribution < -0.4 is 10.5 Å². The van der Waals surface area contributed by atoms with E-state index in [1.807, 2.05) is 13.0 Å². The molecule has 3 heterocycles. The van der Waals surface area contributed by atoms with Crippen molar-refractivity contribution in [3.05, 3.63) is 31.9 Å². The second-order valence-electron chi connectivity index (χ2n) is 7.68. The highest BCUT2D eigenvalue weighted by Crippen LogP contribution is 2.36. The number of thioether (sulfide) groups is 1. The number of amides is 1. The van der Waals surface area contributed by atoms with Crippen LogP contribution >= 0.6 is 24.0 Å². The van der Waals surface area contributed by atoms with Crippen molar-refractivity contribution in [1.82, 2.24) is 9.47 Å². The van der Waals surface area contributed by atoms with Gasteiger partial charge in [0.25, 0.3) is 11.5 Å². The lowest BCUT2D eigenvalue weighted by molar-refractivity contribution is -0.122. The van der Waals surface area contributed by atoms with Crippen LogP contribution in [0.4, 0.5) is 5.82 Å². The van der Waals surface area contributed by atoms with Gasteiger partial charge in [0.2, 0.25) is 0 Å². The van der Waals surface area contributed by atoms with E-state index < -0.39 is 0 Å². The number of anilines is 1. The molecule has 31 heavy (non-hydrogen) atoms. The number of hydrogen-bond acceptors (Lipinski definition) is 7. The molecule has 1 aromatic rings. The van der Waals surface area contributed by atoms with Crippen molar-refractivity contribution in [3.8, 4) is 6.07 Å². The summed E-state index contributed by atoms with van der Waals surface area (Å²) in [5, 5.41) is 9.68. The van der Waals surface area contributed by atoms with Crippen LogP contribution in [0.3, 0.4) is 0 Å². The molecule has 0 aromatic carbocycles. The monoisotopic (exact) mass is 460 g/mol. The van der Waals surface area contributed by atoms with Crippen LogP contribution in [-0.2, 0) is 16.1 Å². The predicted octanol–water partition coefficient (Wildman–Crippen LogP) is 3.28. The van der Waals surface area contributed by atoms with Gasteiger partial charge in [-0.05, 0) is 44.2 Å². The average molecular weight is 461 g/mol. The lowest BCUT2D eigenvalue weighted by atomic mass is 10.0. The minimum Gasteiger partial charge on any atom is -0.385 e. The van der Waals surface area contributed by atoms with Gasteiger partial charge in [-0.1, -0.05) is 30.9 Å². The van der Waals surface area contributed by atoms with Gasteiger partial charge in [-0.25, -0.2) is 0 Å². The number of nitrogens with zero attached hydrogens (tertiary/aromatic N) is 4. The van der Waals surface area contributed by atoms with E-state index in [0.29, 0.717) is 40.9 Å². The maximum atomic E-state index is 13.1. The Balaban J connectivity index is 2.13. The Labute approximate surface area is 192 Å². The molecule has 9 heteroatoms. The number of pyridine rings is 1. The molecule has 2 fully saturated rings. The first kappa shape index (κ1) is 23.5. The lowest BCUT2D eigenvalue weighted by Crippen LogP contribution is -2.33. The maximum absolute atomic E-state index is 13.1. The first-order valence-corrected chi connectivity index (χ1v) is 11.8. The molecule has 0 atom stereocenters. The first-order valence-electron chi connectivity index (χ1n) is 10.6. The third-order valence-corrected chi connectivity index (χ3v) is 6.96. The van der Waals surface area contributed by atoms with Gasteiger partial charge < -0.3 is 9.64 Å². The summed E-state index contributed by atoms with van der Waals surface area (Å²) < 4.78 is 7.32. The Kier molecular flexibility index (Phi) is 7.92. The van der Waals surface area contributed by atoms with Gasteiger partial charge >= 0.3 is 0 Å². The standard InChI is InChI=1S/C22H28N4O3S2/c1-4-8-25-19(24-9-5-6-10-24)16(15(2)17(14-23)20(25)27)13-18-21(28)26(22(30)31-18)11-7-12-29-3/h13H,4-12H2,1-3H3/b18-13+. The van der Waals surface area contributed by atoms with Gasteiger partial charge in [0.1, 0.15) is 21.8 Å². The number of methoxy groups -OCH3 is 1. The van der Waals surface area contributed by atoms with E-state index in [-0.39, 0.29) is 17.0 Å². The quantitative estimate of drug-likeness (QED) is 0.335. The average Bonchev–Trinajstić information content (AvgIpc) is 3.36. The summed E-state index contributed by atoms with van der Waals surface area (Å²) in [6.07, 6.45) is 5.41. The van der Waals surface area contributed by atoms with Crippen molar-refractivity contribution in [3.63, 3.8) is 0 Å². The Bertz CT molecular complexity index is 1000. The SMILES string of the molecule is CCCn1c(N2CCCC2)c(/C=C2/SC(=S)N(CCCOC)C2=O)c(C)c(C#N)c1=O. The smallest absolute Gasteiger partial charge is 0.270 e. The van der Waals surface area contributed by atoms with E-state index in [1.165, 1.54) is 11.8 Å². The molecule has 0 radical (unpaired) electrons. The fourth-order valence-corrected chi connectivity index (χ4v) is 5.33. The summed E-state index contributed by atoms with van der Waals surface area (Å²) >= 11 is 6.71. The van der Waals surface area contributed by atoms with E-state index in [2.05, 4.69) is 11.0 Å². The molecule has 2 saturated heterocycles. The van der Waals surface area contributed by atoms with Crippen molar-refractivity contribution >= 4 is 46.1 Å². The third-order valence-electron chi connectivity index (χ3n) is 5.58. The van der Waals surface area contributed by atoms with Crippen LogP contribution in [0.2, 0.25) is 0 Å². The van der Waals surface area contributed by atoms with Crippen molar-refractivity contribution in [1.29, 1.82) is 5.26 Å². The zero-order chi connectivity index (χ0) is 22.5. The topological polar surface area (TPSA) is 78.6 Å². The molecular weight excluding hydrogens is 432 g/mol. The minimum absolute atomic E-state index is 0.135. The highest BCUT2D eigenvalue weighted by Gasteiger charge is 2.33. The van der Waals surface area contributed by atoms with Gasteiger partial charge in [-0.2, -0.15) is 5.26 Å². The molecule has 1 amide bonds. The molecule has 2 aliphatic heterocycles. The van der Waals surface area contributed by atoms with Crippen LogP contribution in [-0.4, -0.2) is 53.0 Å². The van der Waals surface area contributed by atoms with Crippen molar-refractivity contribution in [2.24, 2.45) is 0 Å². The molecule has 0 N–H and O–H groups in total. The fourth-order valence-electron chi connectivity index (χ4n) is 4.04. The Morgan fingerprint density at radius 1 is 1.26 bits per heavy atom. The number of thiocarbonyl (C=S) groups is 1. The van der Waals surface area contributed by atoms with Crippen LogP contribution in [0.5, 0.6) is 0 Å². The second-order valence-corrected chi connectivity index (χ2v) is 9.36. The van der Waals surface area contributed by atoms with Gasteiger partial charge in [0, 0.05) is 45.5 Å². The van der Waals surface area contributed by atoms with Crippen LogP contribution in [0.15, 0.2) is 9.70 Å². The van der Waals surface area contributed by atoms with Crippen LogP contribution in [0, 0.1) is 18.3 Å². The van der Waals surface area contributed by atoms with Crippen molar-refractivity contribution in [2.45, 2.75) is 46.1 Å².